The minimum absolute atomic E-state index is 0.120. The Kier molecular flexibility index (Phi) is 4.90. The zero-order valence-electron chi connectivity index (χ0n) is 11.9. The third-order valence-corrected chi connectivity index (χ3v) is 4.93. The lowest BCUT2D eigenvalue weighted by molar-refractivity contribution is -0.149. The minimum atomic E-state index is -0.887. The van der Waals surface area contributed by atoms with Crippen LogP contribution in [0.25, 0.3) is 0 Å². The van der Waals surface area contributed by atoms with Gasteiger partial charge in [0.05, 0.1) is 6.10 Å². The average molecular weight is 272 g/mol. The number of carbonyl (C=O) groups excluding carboxylic acids is 1. The van der Waals surface area contributed by atoms with E-state index < -0.39 is 10.9 Å². The van der Waals surface area contributed by atoms with E-state index in [-0.39, 0.29) is 16.8 Å². The fourth-order valence-corrected chi connectivity index (χ4v) is 2.92. The summed E-state index contributed by atoms with van der Waals surface area (Å²) in [5.74, 6) is -0.318. The molecule has 0 amide bonds. The van der Waals surface area contributed by atoms with Crippen LogP contribution < -0.4 is 0 Å². The zero-order valence-corrected chi connectivity index (χ0v) is 12.7. The first kappa shape index (κ1) is 15.6. The normalized spacial score (nSPS) is 30.8. The molecular weight excluding hydrogens is 248 g/mol. The Bertz CT molecular complexity index is 332. The maximum Gasteiger partial charge on any atom is 0.326 e. The Morgan fingerprint density at radius 1 is 1.56 bits per heavy atom. The molecule has 1 fully saturated rings. The van der Waals surface area contributed by atoms with Crippen molar-refractivity contribution in [2.45, 2.75) is 63.7 Å². The monoisotopic (exact) mass is 272 g/mol. The van der Waals surface area contributed by atoms with Gasteiger partial charge < -0.3 is 9.84 Å². The number of hydrogen-bond acceptors (Lipinski definition) is 4. The second-order valence-electron chi connectivity index (χ2n) is 5.99. The Morgan fingerprint density at radius 3 is 2.61 bits per heavy atom. The van der Waals surface area contributed by atoms with E-state index in [0.717, 1.165) is 12.8 Å². The fraction of sp³-hybridized carbons (Fsp3) is 0.786. The molecule has 0 spiro atoms. The molecule has 0 aromatic carbocycles. The molecule has 1 N–H and O–H groups in total. The van der Waals surface area contributed by atoms with E-state index in [0.29, 0.717) is 0 Å². The van der Waals surface area contributed by atoms with Gasteiger partial charge in [-0.2, -0.15) is 0 Å². The van der Waals surface area contributed by atoms with Gasteiger partial charge in [0.15, 0.2) is 5.44 Å². The molecule has 0 radical (unpaired) electrons. The molecule has 4 heteroatoms. The third kappa shape index (κ3) is 3.29. The van der Waals surface area contributed by atoms with Crippen molar-refractivity contribution in [1.82, 2.24) is 0 Å². The van der Waals surface area contributed by atoms with Crippen LogP contribution in [-0.4, -0.2) is 27.4 Å². The standard InChI is InChI=1S/C14H24O3S/c1-6-7-8-9-10(15)14(5)11(16)17-12(18-14)13(2,3)4/h8-10,12,15H,6-7H2,1-5H3/b9-8+/t10?,12-,14-/m1/s1. The first-order valence-electron chi connectivity index (χ1n) is 6.45. The molecule has 3 nitrogen and oxygen atoms in total. The summed E-state index contributed by atoms with van der Waals surface area (Å²) in [7, 11) is 0. The molecule has 104 valence electrons. The van der Waals surface area contributed by atoms with Crippen LogP contribution in [0.3, 0.4) is 0 Å². The maximum absolute atomic E-state index is 12.0. The lowest BCUT2D eigenvalue weighted by Gasteiger charge is -2.26. The van der Waals surface area contributed by atoms with Gasteiger partial charge in [0.2, 0.25) is 0 Å². The highest BCUT2D eigenvalue weighted by molar-refractivity contribution is 8.02. The number of hydrogen-bond donors (Lipinski definition) is 1. The smallest absolute Gasteiger partial charge is 0.326 e. The van der Waals surface area contributed by atoms with E-state index in [4.69, 9.17) is 4.74 Å². The summed E-state index contributed by atoms with van der Waals surface area (Å²) in [4.78, 5) is 12.0. The van der Waals surface area contributed by atoms with E-state index in [1.54, 1.807) is 13.0 Å². The molecule has 1 aliphatic rings. The number of aliphatic hydroxyl groups excluding tert-OH is 1. The Morgan fingerprint density at radius 2 is 2.17 bits per heavy atom. The summed E-state index contributed by atoms with van der Waals surface area (Å²) in [6.45, 7) is 9.92. The lowest BCUT2D eigenvalue weighted by Crippen LogP contribution is -2.39. The average Bonchev–Trinajstić information content (AvgIpc) is 2.56. The number of rotatable bonds is 4. The Balaban J connectivity index is 2.78. The van der Waals surface area contributed by atoms with E-state index in [2.05, 4.69) is 6.92 Å². The van der Waals surface area contributed by atoms with Crippen LogP contribution in [0.15, 0.2) is 12.2 Å². The number of unbranched alkanes of at least 4 members (excludes halogenated alkanes) is 1. The van der Waals surface area contributed by atoms with E-state index in [1.807, 2.05) is 26.8 Å². The van der Waals surface area contributed by atoms with Crippen molar-refractivity contribution in [3.63, 3.8) is 0 Å². The number of allylic oxidation sites excluding steroid dienone is 1. The predicted molar refractivity (Wildman–Crippen MR) is 75.4 cm³/mol. The van der Waals surface area contributed by atoms with Gasteiger partial charge in [-0.1, -0.05) is 58.0 Å². The number of aliphatic hydroxyl groups is 1. The van der Waals surface area contributed by atoms with Crippen molar-refractivity contribution in [2.24, 2.45) is 5.41 Å². The molecule has 1 aliphatic heterocycles. The molecule has 0 aliphatic carbocycles. The van der Waals surface area contributed by atoms with Crippen molar-refractivity contribution in [2.75, 3.05) is 0 Å². The molecule has 1 rings (SSSR count). The van der Waals surface area contributed by atoms with Crippen LogP contribution in [0.2, 0.25) is 0 Å². The summed E-state index contributed by atoms with van der Waals surface area (Å²) >= 11 is 1.42. The van der Waals surface area contributed by atoms with Crippen molar-refractivity contribution >= 4 is 17.7 Å². The lowest BCUT2D eigenvalue weighted by atomic mass is 9.98. The molecule has 0 aromatic rings. The van der Waals surface area contributed by atoms with Gasteiger partial charge in [-0.25, -0.2) is 0 Å². The van der Waals surface area contributed by atoms with Gasteiger partial charge in [0.25, 0.3) is 0 Å². The molecule has 1 unspecified atom stereocenters. The van der Waals surface area contributed by atoms with Crippen LogP contribution >= 0.6 is 11.8 Å². The quantitative estimate of drug-likeness (QED) is 0.631. The summed E-state index contributed by atoms with van der Waals surface area (Å²) in [6.07, 6.45) is 4.78. The molecule has 0 aromatic heterocycles. The molecule has 0 bridgehead atoms. The highest BCUT2D eigenvalue weighted by Crippen LogP contribution is 2.47. The van der Waals surface area contributed by atoms with Gasteiger partial charge in [-0.15, -0.1) is 0 Å². The minimum Gasteiger partial charge on any atom is -0.450 e. The van der Waals surface area contributed by atoms with Gasteiger partial charge in [0.1, 0.15) is 4.75 Å². The molecular formula is C14H24O3S. The van der Waals surface area contributed by atoms with Gasteiger partial charge in [-0.05, 0) is 13.3 Å². The zero-order chi connectivity index (χ0) is 14.0. The molecule has 1 heterocycles. The van der Waals surface area contributed by atoms with Crippen molar-refractivity contribution in [1.29, 1.82) is 0 Å². The van der Waals surface area contributed by atoms with Gasteiger partial charge >= 0.3 is 5.97 Å². The van der Waals surface area contributed by atoms with Crippen LogP contribution in [-0.2, 0) is 9.53 Å². The van der Waals surface area contributed by atoms with Crippen LogP contribution in [0, 0.1) is 5.41 Å². The molecule has 0 saturated carbocycles. The summed E-state index contributed by atoms with van der Waals surface area (Å²) < 4.78 is 4.51. The summed E-state index contributed by atoms with van der Waals surface area (Å²) in [6, 6.07) is 0. The number of esters is 1. The fourth-order valence-electron chi connectivity index (χ4n) is 1.63. The molecule has 3 atom stereocenters. The van der Waals surface area contributed by atoms with Crippen LogP contribution in [0.5, 0.6) is 0 Å². The summed E-state index contributed by atoms with van der Waals surface area (Å²) in [5.41, 5.74) is -0.325. The Hall–Kier alpha value is -0.480. The van der Waals surface area contributed by atoms with Crippen molar-refractivity contribution < 1.29 is 14.6 Å². The van der Waals surface area contributed by atoms with Crippen LogP contribution in [0.4, 0.5) is 0 Å². The van der Waals surface area contributed by atoms with Crippen molar-refractivity contribution in [3.8, 4) is 0 Å². The first-order valence-corrected chi connectivity index (χ1v) is 7.33. The number of ether oxygens (including phenoxy) is 1. The highest BCUT2D eigenvalue weighted by Gasteiger charge is 2.53. The Labute approximate surface area is 114 Å². The van der Waals surface area contributed by atoms with E-state index in [1.165, 1.54) is 11.8 Å². The maximum atomic E-state index is 12.0. The number of thioether (sulfide) groups is 1. The van der Waals surface area contributed by atoms with Crippen molar-refractivity contribution in [3.05, 3.63) is 12.2 Å². The van der Waals surface area contributed by atoms with Gasteiger partial charge in [0, 0.05) is 5.41 Å². The van der Waals surface area contributed by atoms with E-state index in [9.17, 15) is 9.90 Å². The number of carbonyl (C=O) groups is 1. The van der Waals surface area contributed by atoms with E-state index >= 15 is 0 Å². The largest absolute Gasteiger partial charge is 0.450 e. The SMILES string of the molecule is CCC/C=C/C(O)[C@@]1(C)S[C@H](C(C)(C)C)OC1=O. The van der Waals surface area contributed by atoms with Gasteiger partial charge in [-0.3, -0.25) is 4.79 Å². The molecule has 18 heavy (non-hydrogen) atoms. The van der Waals surface area contributed by atoms with Crippen LogP contribution in [0.1, 0.15) is 47.5 Å². The second-order valence-corrected chi connectivity index (χ2v) is 7.50. The predicted octanol–water partition coefficient (Wildman–Crippen LogP) is 3.12. The summed E-state index contributed by atoms with van der Waals surface area (Å²) in [5, 5.41) is 10.2. The molecule has 1 saturated heterocycles. The number of cyclic esters (lactones) is 1. The first-order chi connectivity index (χ1) is 8.21. The second kappa shape index (κ2) is 5.66. The topological polar surface area (TPSA) is 46.5 Å². The highest BCUT2D eigenvalue weighted by atomic mass is 32.2. The third-order valence-electron chi connectivity index (χ3n) is 3.02.